The Balaban J connectivity index is 1.51. The second-order valence-electron chi connectivity index (χ2n) is 6.73. The molecule has 2 amide bonds. The monoisotopic (exact) mass is 368 g/mol. The molecular formula is C21H24N2O4. The molecule has 1 fully saturated rings. The van der Waals surface area contributed by atoms with Gasteiger partial charge in [-0.2, -0.15) is 0 Å². The van der Waals surface area contributed by atoms with Gasteiger partial charge in [-0.15, -0.1) is 0 Å². The van der Waals surface area contributed by atoms with Gasteiger partial charge in [0.25, 0.3) is 11.8 Å². The minimum Gasteiger partial charge on any atom is -0.490 e. The van der Waals surface area contributed by atoms with Crippen molar-refractivity contribution in [2.45, 2.75) is 39.2 Å². The summed E-state index contributed by atoms with van der Waals surface area (Å²) in [7, 11) is 0. The standard InChI is InChI=1S/C21H24N2O4/c1-14-10-11-15(2)19(12-14)26-13-20(24)22-23-21(25)17-8-3-4-9-18(17)27-16-6-5-7-16/h3-4,8-12,16H,5-7,13H2,1-2H3,(H,22,24)(H,23,25). The van der Waals surface area contributed by atoms with Crippen molar-refractivity contribution in [3.05, 3.63) is 59.2 Å². The first-order valence-corrected chi connectivity index (χ1v) is 9.08. The van der Waals surface area contributed by atoms with E-state index < -0.39 is 11.8 Å². The van der Waals surface area contributed by atoms with Gasteiger partial charge in [0.1, 0.15) is 11.5 Å². The molecule has 6 nitrogen and oxygen atoms in total. The van der Waals surface area contributed by atoms with Crippen LogP contribution in [0.3, 0.4) is 0 Å². The van der Waals surface area contributed by atoms with Crippen LogP contribution in [0.1, 0.15) is 40.7 Å². The third kappa shape index (κ3) is 5.00. The second kappa shape index (κ2) is 8.58. The zero-order valence-electron chi connectivity index (χ0n) is 15.6. The lowest BCUT2D eigenvalue weighted by molar-refractivity contribution is -0.123. The third-order valence-corrected chi connectivity index (χ3v) is 4.50. The van der Waals surface area contributed by atoms with Gasteiger partial charge in [-0.05, 0) is 62.4 Å². The zero-order chi connectivity index (χ0) is 19.2. The van der Waals surface area contributed by atoms with E-state index in [1.165, 1.54) is 0 Å². The van der Waals surface area contributed by atoms with Crippen molar-refractivity contribution in [2.75, 3.05) is 6.61 Å². The van der Waals surface area contributed by atoms with Gasteiger partial charge in [-0.3, -0.25) is 20.4 Å². The van der Waals surface area contributed by atoms with Gasteiger partial charge in [0.15, 0.2) is 6.61 Å². The van der Waals surface area contributed by atoms with Crippen molar-refractivity contribution in [3.63, 3.8) is 0 Å². The lowest BCUT2D eigenvalue weighted by Crippen LogP contribution is -2.44. The molecule has 2 aromatic carbocycles. The first-order chi connectivity index (χ1) is 13.0. The smallest absolute Gasteiger partial charge is 0.276 e. The fourth-order valence-corrected chi connectivity index (χ4v) is 2.66. The number of hydrogen-bond acceptors (Lipinski definition) is 4. The molecule has 0 heterocycles. The van der Waals surface area contributed by atoms with Gasteiger partial charge >= 0.3 is 0 Å². The number of carbonyl (C=O) groups is 2. The molecule has 0 aliphatic heterocycles. The Morgan fingerprint density at radius 3 is 2.56 bits per heavy atom. The maximum atomic E-state index is 12.4. The Morgan fingerprint density at radius 2 is 1.81 bits per heavy atom. The van der Waals surface area contributed by atoms with Crippen LogP contribution in [-0.2, 0) is 4.79 Å². The number of hydrogen-bond donors (Lipinski definition) is 2. The highest BCUT2D eigenvalue weighted by molar-refractivity contribution is 5.97. The quantitative estimate of drug-likeness (QED) is 0.769. The summed E-state index contributed by atoms with van der Waals surface area (Å²) in [5.41, 5.74) is 7.17. The molecular weight excluding hydrogens is 344 g/mol. The Hall–Kier alpha value is -3.02. The number of benzene rings is 2. The molecule has 0 radical (unpaired) electrons. The summed E-state index contributed by atoms with van der Waals surface area (Å²) in [5, 5.41) is 0. The number of rotatable bonds is 6. The molecule has 2 aromatic rings. The van der Waals surface area contributed by atoms with Crippen LogP contribution in [0.4, 0.5) is 0 Å². The third-order valence-electron chi connectivity index (χ3n) is 4.50. The van der Waals surface area contributed by atoms with E-state index in [1.807, 2.05) is 38.1 Å². The van der Waals surface area contributed by atoms with Crippen LogP contribution in [-0.4, -0.2) is 24.5 Å². The Kier molecular flexibility index (Phi) is 5.96. The average Bonchev–Trinajstić information content (AvgIpc) is 2.63. The van der Waals surface area contributed by atoms with Gasteiger partial charge in [-0.25, -0.2) is 0 Å². The van der Waals surface area contributed by atoms with Crippen LogP contribution in [0.2, 0.25) is 0 Å². The highest BCUT2D eigenvalue weighted by atomic mass is 16.5. The van der Waals surface area contributed by atoms with Gasteiger partial charge in [0, 0.05) is 0 Å². The number of para-hydroxylation sites is 1. The molecule has 6 heteroatoms. The number of hydrazine groups is 1. The lowest BCUT2D eigenvalue weighted by Gasteiger charge is -2.27. The highest BCUT2D eigenvalue weighted by Gasteiger charge is 2.22. The van der Waals surface area contributed by atoms with Crippen molar-refractivity contribution in [1.29, 1.82) is 0 Å². The molecule has 1 aliphatic rings. The molecule has 1 saturated carbocycles. The van der Waals surface area contributed by atoms with Crippen molar-refractivity contribution < 1.29 is 19.1 Å². The van der Waals surface area contributed by atoms with Crippen molar-refractivity contribution in [3.8, 4) is 11.5 Å². The van der Waals surface area contributed by atoms with Crippen LogP contribution in [0.15, 0.2) is 42.5 Å². The average molecular weight is 368 g/mol. The predicted molar refractivity (Wildman–Crippen MR) is 102 cm³/mol. The van der Waals surface area contributed by atoms with Crippen molar-refractivity contribution in [1.82, 2.24) is 10.9 Å². The summed E-state index contributed by atoms with van der Waals surface area (Å²) in [6.07, 6.45) is 3.32. The summed E-state index contributed by atoms with van der Waals surface area (Å²) in [6, 6.07) is 12.8. The molecule has 0 unspecified atom stereocenters. The summed E-state index contributed by atoms with van der Waals surface area (Å²) in [6.45, 7) is 3.67. The van der Waals surface area contributed by atoms with E-state index in [0.717, 1.165) is 30.4 Å². The van der Waals surface area contributed by atoms with Gasteiger partial charge in [-0.1, -0.05) is 24.3 Å². The number of aryl methyl sites for hydroxylation is 2. The number of nitrogens with one attached hydrogen (secondary N) is 2. The maximum Gasteiger partial charge on any atom is 0.276 e. The zero-order valence-corrected chi connectivity index (χ0v) is 15.6. The van der Waals surface area contributed by atoms with Crippen LogP contribution in [0, 0.1) is 13.8 Å². The van der Waals surface area contributed by atoms with Crippen LogP contribution in [0.5, 0.6) is 11.5 Å². The molecule has 2 N–H and O–H groups in total. The largest absolute Gasteiger partial charge is 0.490 e. The van der Waals surface area contributed by atoms with Gasteiger partial charge < -0.3 is 9.47 Å². The van der Waals surface area contributed by atoms with E-state index in [1.54, 1.807) is 18.2 Å². The van der Waals surface area contributed by atoms with E-state index in [-0.39, 0.29) is 12.7 Å². The van der Waals surface area contributed by atoms with E-state index in [4.69, 9.17) is 9.47 Å². The lowest BCUT2D eigenvalue weighted by atomic mass is 9.96. The summed E-state index contributed by atoms with van der Waals surface area (Å²) >= 11 is 0. The molecule has 0 atom stereocenters. The number of carbonyl (C=O) groups excluding carboxylic acids is 2. The van der Waals surface area contributed by atoms with Gasteiger partial charge in [0.2, 0.25) is 0 Å². The van der Waals surface area contributed by atoms with Crippen molar-refractivity contribution >= 4 is 11.8 Å². The molecule has 3 rings (SSSR count). The van der Waals surface area contributed by atoms with E-state index in [2.05, 4.69) is 10.9 Å². The highest BCUT2D eigenvalue weighted by Crippen LogP contribution is 2.27. The Labute approximate surface area is 158 Å². The maximum absolute atomic E-state index is 12.4. The minimum absolute atomic E-state index is 0.166. The molecule has 27 heavy (non-hydrogen) atoms. The second-order valence-corrected chi connectivity index (χ2v) is 6.73. The number of amides is 2. The Morgan fingerprint density at radius 1 is 1.04 bits per heavy atom. The first kappa shape index (κ1) is 18.8. The fraction of sp³-hybridized carbons (Fsp3) is 0.333. The first-order valence-electron chi connectivity index (χ1n) is 9.08. The van der Waals surface area contributed by atoms with Crippen LogP contribution in [0.25, 0.3) is 0 Å². The molecule has 142 valence electrons. The van der Waals surface area contributed by atoms with E-state index in [0.29, 0.717) is 17.1 Å². The summed E-state index contributed by atoms with van der Waals surface area (Å²) in [4.78, 5) is 24.4. The summed E-state index contributed by atoms with van der Waals surface area (Å²) in [5.74, 6) is 0.308. The van der Waals surface area contributed by atoms with E-state index >= 15 is 0 Å². The normalized spacial score (nSPS) is 13.4. The molecule has 0 aromatic heterocycles. The molecule has 0 spiro atoms. The van der Waals surface area contributed by atoms with Gasteiger partial charge in [0.05, 0.1) is 11.7 Å². The van der Waals surface area contributed by atoms with Crippen molar-refractivity contribution in [2.24, 2.45) is 0 Å². The molecule has 0 saturated heterocycles. The molecule has 1 aliphatic carbocycles. The Bertz CT molecular complexity index is 831. The van der Waals surface area contributed by atoms with Crippen LogP contribution < -0.4 is 20.3 Å². The minimum atomic E-state index is -0.443. The topological polar surface area (TPSA) is 76.7 Å². The summed E-state index contributed by atoms with van der Waals surface area (Å²) < 4.78 is 11.4. The fourth-order valence-electron chi connectivity index (χ4n) is 2.66. The van der Waals surface area contributed by atoms with Crippen LogP contribution >= 0.6 is 0 Å². The predicted octanol–water partition coefficient (Wildman–Crippen LogP) is 3.07. The number of ether oxygens (including phenoxy) is 2. The molecule has 0 bridgehead atoms. The van der Waals surface area contributed by atoms with E-state index in [9.17, 15) is 9.59 Å². The SMILES string of the molecule is Cc1ccc(C)c(OCC(=O)NNC(=O)c2ccccc2OC2CCC2)c1.